The molecule has 1 saturated heterocycles. The number of nitrogens with zero attached hydrogens (tertiary/aromatic N) is 1. The van der Waals surface area contributed by atoms with Crippen molar-refractivity contribution < 1.29 is 14.3 Å². The molecule has 1 unspecified atom stereocenters. The molecule has 0 saturated carbocycles. The lowest BCUT2D eigenvalue weighted by Gasteiger charge is -2.33. The van der Waals surface area contributed by atoms with E-state index < -0.39 is 0 Å². The molecule has 0 radical (unpaired) electrons. The Labute approximate surface area is 125 Å². The van der Waals surface area contributed by atoms with Crippen LogP contribution < -0.4 is 0 Å². The average molecular weight is 285 g/mol. The first-order valence-electron chi connectivity index (χ1n) is 7.15. The topological polar surface area (TPSA) is 46.6 Å². The number of carbonyl (C=O) groups excluding carboxylic acids is 2. The highest BCUT2D eigenvalue weighted by Crippen LogP contribution is 2.20. The van der Waals surface area contributed by atoms with Gasteiger partial charge in [0.15, 0.2) is 0 Å². The SMILES string of the molecule is COC(=O)CC1CCCCN1C(=O)C#Cc1ccccc1. The lowest BCUT2D eigenvalue weighted by Crippen LogP contribution is -2.44. The summed E-state index contributed by atoms with van der Waals surface area (Å²) in [5.74, 6) is 5.05. The van der Waals surface area contributed by atoms with Gasteiger partial charge in [0, 0.05) is 24.1 Å². The van der Waals surface area contributed by atoms with E-state index in [1.165, 1.54) is 7.11 Å². The van der Waals surface area contributed by atoms with Gasteiger partial charge in [0.25, 0.3) is 5.91 Å². The van der Waals surface area contributed by atoms with Gasteiger partial charge in [0.05, 0.1) is 13.5 Å². The van der Waals surface area contributed by atoms with Crippen LogP contribution in [0.15, 0.2) is 30.3 Å². The van der Waals surface area contributed by atoms with Crippen LogP contribution in [0, 0.1) is 11.8 Å². The minimum atomic E-state index is -0.282. The van der Waals surface area contributed by atoms with Crippen molar-refractivity contribution in [3.8, 4) is 11.8 Å². The van der Waals surface area contributed by atoms with Crippen LogP contribution in [0.5, 0.6) is 0 Å². The van der Waals surface area contributed by atoms with Crippen LogP contribution in [0.4, 0.5) is 0 Å². The van der Waals surface area contributed by atoms with E-state index in [0.29, 0.717) is 6.54 Å². The number of benzene rings is 1. The lowest BCUT2D eigenvalue weighted by atomic mass is 9.99. The van der Waals surface area contributed by atoms with Crippen LogP contribution in [0.1, 0.15) is 31.2 Å². The first-order chi connectivity index (χ1) is 10.2. The Balaban J connectivity index is 2.05. The Morgan fingerprint density at radius 1 is 1.29 bits per heavy atom. The Kier molecular flexibility index (Phi) is 5.39. The molecule has 2 rings (SSSR count). The first kappa shape index (κ1) is 15.1. The van der Waals surface area contributed by atoms with Gasteiger partial charge in [-0.3, -0.25) is 9.59 Å². The van der Waals surface area contributed by atoms with Crippen LogP contribution in [0.25, 0.3) is 0 Å². The van der Waals surface area contributed by atoms with Crippen molar-refractivity contribution in [1.82, 2.24) is 4.90 Å². The second kappa shape index (κ2) is 7.49. The Bertz CT molecular complexity index is 556. The molecule has 1 aromatic carbocycles. The Hall–Kier alpha value is -2.28. The summed E-state index contributed by atoms with van der Waals surface area (Å²) in [5, 5.41) is 0. The summed E-state index contributed by atoms with van der Waals surface area (Å²) in [6.07, 6.45) is 3.05. The van der Waals surface area contributed by atoms with Crippen molar-refractivity contribution in [2.75, 3.05) is 13.7 Å². The fraction of sp³-hybridized carbons (Fsp3) is 0.412. The van der Waals surface area contributed by atoms with Gasteiger partial charge in [-0.25, -0.2) is 0 Å². The normalized spacial score (nSPS) is 17.6. The molecule has 0 N–H and O–H groups in total. The standard InChI is InChI=1S/C17H19NO3/c1-21-17(20)13-15-9-5-6-12-18(15)16(19)11-10-14-7-3-2-4-8-14/h2-4,7-8,15H,5-6,9,12-13H2,1H3. The minimum absolute atomic E-state index is 0.0937. The molecule has 1 atom stereocenters. The molecule has 4 nitrogen and oxygen atoms in total. The number of ether oxygens (including phenoxy) is 1. The molecule has 4 heteroatoms. The summed E-state index contributed by atoms with van der Waals surface area (Å²) in [5.41, 5.74) is 0.812. The molecule has 0 bridgehead atoms. The highest BCUT2D eigenvalue weighted by atomic mass is 16.5. The summed E-state index contributed by atoms with van der Waals surface area (Å²) in [4.78, 5) is 25.4. The third-order valence-electron chi connectivity index (χ3n) is 3.61. The predicted octanol–water partition coefficient (Wildman–Crippen LogP) is 1.98. The first-order valence-corrected chi connectivity index (χ1v) is 7.15. The van der Waals surface area contributed by atoms with Gasteiger partial charge in [0.1, 0.15) is 0 Å². The van der Waals surface area contributed by atoms with E-state index in [1.807, 2.05) is 30.3 Å². The van der Waals surface area contributed by atoms with Crippen molar-refractivity contribution in [2.24, 2.45) is 0 Å². The summed E-state index contributed by atoms with van der Waals surface area (Å²) in [6, 6.07) is 9.31. The molecule has 1 heterocycles. The maximum atomic E-state index is 12.3. The Morgan fingerprint density at radius 2 is 2.05 bits per heavy atom. The third kappa shape index (κ3) is 4.35. The highest BCUT2D eigenvalue weighted by Gasteiger charge is 2.27. The van der Waals surface area contributed by atoms with E-state index >= 15 is 0 Å². The van der Waals surface area contributed by atoms with Gasteiger partial charge in [-0.1, -0.05) is 24.1 Å². The van der Waals surface area contributed by atoms with Crippen molar-refractivity contribution in [2.45, 2.75) is 31.7 Å². The van der Waals surface area contributed by atoms with Crippen molar-refractivity contribution >= 4 is 11.9 Å². The van der Waals surface area contributed by atoms with Crippen LogP contribution >= 0.6 is 0 Å². The van der Waals surface area contributed by atoms with E-state index in [1.54, 1.807) is 4.90 Å². The van der Waals surface area contributed by atoms with Crippen molar-refractivity contribution in [3.05, 3.63) is 35.9 Å². The molecule has 1 aromatic rings. The molecule has 1 fully saturated rings. The molecule has 1 aliphatic rings. The van der Waals surface area contributed by atoms with Gasteiger partial charge >= 0.3 is 5.97 Å². The van der Waals surface area contributed by atoms with Gasteiger partial charge in [0.2, 0.25) is 0 Å². The number of methoxy groups -OCH3 is 1. The lowest BCUT2D eigenvalue weighted by molar-refractivity contribution is -0.143. The molecule has 0 aromatic heterocycles. The number of hydrogen-bond donors (Lipinski definition) is 0. The van der Waals surface area contributed by atoms with E-state index in [2.05, 4.69) is 11.8 Å². The molecule has 1 amide bonds. The second-order valence-electron chi connectivity index (χ2n) is 5.04. The molecule has 21 heavy (non-hydrogen) atoms. The average Bonchev–Trinajstić information content (AvgIpc) is 2.54. The quantitative estimate of drug-likeness (QED) is 0.616. The van der Waals surface area contributed by atoms with Crippen LogP contribution in [-0.4, -0.2) is 36.5 Å². The zero-order valence-electron chi connectivity index (χ0n) is 12.2. The van der Waals surface area contributed by atoms with E-state index in [0.717, 1.165) is 24.8 Å². The minimum Gasteiger partial charge on any atom is -0.469 e. The molecular formula is C17H19NO3. The zero-order chi connectivity index (χ0) is 15.1. The van der Waals surface area contributed by atoms with Gasteiger partial charge in [-0.15, -0.1) is 0 Å². The summed E-state index contributed by atoms with van der Waals surface area (Å²) in [7, 11) is 1.37. The van der Waals surface area contributed by atoms with Crippen LogP contribution in [0.3, 0.4) is 0 Å². The molecule has 0 spiro atoms. The summed E-state index contributed by atoms with van der Waals surface area (Å²) >= 11 is 0. The molecule has 1 aliphatic heterocycles. The number of esters is 1. The predicted molar refractivity (Wildman–Crippen MR) is 79.3 cm³/mol. The number of hydrogen-bond acceptors (Lipinski definition) is 3. The van der Waals surface area contributed by atoms with Gasteiger partial charge in [-0.2, -0.15) is 0 Å². The molecule has 110 valence electrons. The van der Waals surface area contributed by atoms with Crippen LogP contribution in [-0.2, 0) is 14.3 Å². The fourth-order valence-electron chi connectivity index (χ4n) is 2.47. The largest absolute Gasteiger partial charge is 0.469 e. The van der Waals surface area contributed by atoms with Crippen molar-refractivity contribution in [3.63, 3.8) is 0 Å². The second-order valence-corrected chi connectivity index (χ2v) is 5.04. The fourth-order valence-corrected chi connectivity index (χ4v) is 2.47. The summed E-state index contributed by atoms with van der Waals surface area (Å²) in [6.45, 7) is 0.657. The highest BCUT2D eigenvalue weighted by molar-refractivity contribution is 5.94. The summed E-state index contributed by atoms with van der Waals surface area (Å²) < 4.78 is 4.70. The van der Waals surface area contributed by atoms with E-state index in [-0.39, 0.29) is 24.3 Å². The Morgan fingerprint density at radius 3 is 2.76 bits per heavy atom. The number of carbonyl (C=O) groups is 2. The number of rotatable bonds is 2. The van der Waals surface area contributed by atoms with Gasteiger partial charge < -0.3 is 9.64 Å². The number of amides is 1. The maximum absolute atomic E-state index is 12.3. The number of likely N-dealkylation sites (tertiary alicyclic amines) is 1. The smallest absolute Gasteiger partial charge is 0.307 e. The molecular weight excluding hydrogens is 266 g/mol. The third-order valence-corrected chi connectivity index (χ3v) is 3.61. The van der Waals surface area contributed by atoms with Crippen LogP contribution in [0.2, 0.25) is 0 Å². The van der Waals surface area contributed by atoms with Gasteiger partial charge in [-0.05, 0) is 31.4 Å². The molecule has 0 aliphatic carbocycles. The zero-order valence-corrected chi connectivity index (χ0v) is 12.2. The monoisotopic (exact) mass is 285 g/mol. The number of piperidine rings is 1. The van der Waals surface area contributed by atoms with E-state index in [4.69, 9.17) is 4.74 Å². The van der Waals surface area contributed by atoms with E-state index in [9.17, 15) is 9.59 Å². The maximum Gasteiger partial charge on any atom is 0.307 e. The van der Waals surface area contributed by atoms with Crippen molar-refractivity contribution in [1.29, 1.82) is 0 Å².